The van der Waals surface area contributed by atoms with Gasteiger partial charge in [0, 0.05) is 22.0 Å². The second kappa shape index (κ2) is 8.24. The summed E-state index contributed by atoms with van der Waals surface area (Å²) in [5, 5.41) is 9.94. The van der Waals surface area contributed by atoms with Crippen molar-refractivity contribution in [2.45, 2.75) is 12.6 Å². The number of fused-ring (bicyclic) bond motifs is 1. The zero-order valence-electron chi connectivity index (χ0n) is 16.7. The van der Waals surface area contributed by atoms with E-state index >= 15 is 0 Å². The number of methoxy groups -OCH3 is 1. The third-order valence-electron chi connectivity index (χ3n) is 5.11. The summed E-state index contributed by atoms with van der Waals surface area (Å²) in [5.41, 5.74) is 0.146. The zero-order chi connectivity index (χ0) is 23.0. The minimum atomic E-state index is -4.57. The first kappa shape index (κ1) is 21.8. The fraction of sp³-hybridized carbons (Fsp3) is 0.125. The van der Waals surface area contributed by atoms with E-state index in [1.54, 1.807) is 30.3 Å². The summed E-state index contributed by atoms with van der Waals surface area (Å²) < 4.78 is 49.9. The monoisotopic (exact) mass is 460 g/mol. The van der Waals surface area contributed by atoms with Crippen LogP contribution in [0.4, 0.5) is 13.2 Å². The highest BCUT2D eigenvalue weighted by Gasteiger charge is 2.31. The van der Waals surface area contributed by atoms with Gasteiger partial charge in [-0.25, -0.2) is 4.79 Å². The van der Waals surface area contributed by atoms with Crippen LogP contribution >= 0.6 is 11.6 Å². The lowest BCUT2D eigenvalue weighted by Crippen LogP contribution is -2.10. The van der Waals surface area contributed by atoms with Crippen LogP contribution in [-0.4, -0.2) is 12.2 Å². The Labute approximate surface area is 185 Å². The molecule has 0 aliphatic rings. The smallest absolute Gasteiger partial charge is 0.416 e. The highest BCUT2D eigenvalue weighted by Crippen LogP contribution is 2.38. The lowest BCUT2D eigenvalue weighted by Gasteiger charge is -2.15. The van der Waals surface area contributed by atoms with E-state index in [-0.39, 0.29) is 33.9 Å². The maximum absolute atomic E-state index is 13.1. The molecule has 32 heavy (non-hydrogen) atoms. The molecule has 1 N–H and O–H groups in total. The Bertz CT molecular complexity index is 1360. The van der Waals surface area contributed by atoms with E-state index in [0.29, 0.717) is 16.7 Å². The second-order valence-electron chi connectivity index (χ2n) is 7.14. The number of phenols is 1. The van der Waals surface area contributed by atoms with E-state index in [4.69, 9.17) is 20.8 Å². The summed E-state index contributed by atoms with van der Waals surface area (Å²) in [5.74, 6) is 0.568. The van der Waals surface area contributed by atoms with Crippen LogP contribution in [0, 0.1) is 0 Å². The molecule has 0 aliphatic carbocycles. The zero-order valence-corrected chi connectivity index (χ0v) is 17.4. The predicted octanol–water partition coefficient (Wildman–Crippen LogP) is 6.44. The van der Waals surface area contributed by atoms with Crippen LogP contribution in [0.5, 0.6) is 11.5 Å². The van der Waals surface area contributed by atoms with Crippen molar-refractivity contribution in [1.82, 2.24) is 0 Å². The summed E-state index contributed by atoms with van der Waals surface area (Å²) in [6.45, 7) is 0. The molecule has 4 aromatic rings. The van der Waals surface area contributed by atoms with E-state index in [2.05, 4.69) is 0 Å². The number of alkyl halides is 3. The van der Waals surface area contributed by atoms with Crippen LogP contribution in [-0.2, 0) is 12.6 Å². The quantitative estimate of drug-likeness (QED) is 0.356. The molecule has 0 spiro atoms. The maximum atomic E-state index is 13.1. The van der Waals surface area contributed by atoms with Gasteiger partial charge in [-0.3, -0.25) is 0 Å². The van der Waals surface area contributed by atoms with Crippen molar-refractivity contribution < 1.29 is 27.4 Å². The molecule has 0 atom stereocenters. The van der Waals surface area contributed by atoms with Gasteiger partial charge in [-0.2, -0.15) is 13.2 Å². The van der Waals surface area contributed by atoms with Crippen LogP contribution in [0.3, 0.4) is 0 Å². The highest BCUT2D eigenvalue weighted by atomic mass is 35.5. The molecule has 0 amide bonds. The maximum Gasteiger partial charge on any atom is 0.416 e. The Morgan fingerprint density at radius 2 is 1.75 bits per heavy atom. The van der Waals surface area contributed by atoms with Crippen molar-refractivity contribution in [2.24, 2.45) is 0 Å². The van der Waals surface area contributed by atoms with Gasteiger partial charge in [0.15, 0.2) is 0 Å². The van der Waals surface area contributed by atoms with Crippen molar-refractivity contribution >= 4 is 22.6 Å². The topological polar surface area (TPSA) is 59.7 Å². The summed E-state index contributed by atoms with van der Waals surface area (Å²) >= 11 is 6.20. The summed E-state index contributed by atoms with van der Waals surface area (Å²) in [6.07, 6.45) is -4.32. The molecule has 0 aliphatic heterocycles. The molecule has 0 radical (unpaired) electrons. The van der Waals surface area contributed by atoms with Crippen molar-refractivity contribution in [3.63, 3.8) is 0 Å². The van der Waals surface area contributed by atoms with Crippen molar-refractivity contribution in [2.75, 3.05) is 7.11 Å². The van der Waals surface area contributed by atoms with Crippen molar-refractivity contribution in [3.05, 3.63) is 92.8 Å². The fourth-order valence-corrected chi connectivity index (χ4v) is 3.82. The summed E-state index contributed by atoms with van der Waals surface area (Å²) in [4.78, 5) is 13.0. The molecule has 4 rings (SSSR count). The number of benzene rings is 3. The number of ether oxygens (including phenoxy) is 1. The number of hydrogen-bond donors (Lipinski definition) is 1. The number of rotatable bonds is 4. The number of hydrogen-bond acceptors (Lipinski definition) is 4. The third kappa shape index (κ3) is 4.16. The summed E-state index contributed by atoms with van der Waals surface area (Å²) in [6, 6.07) is 14.2. The van der Waals surface area contributed by atoms with E-state index in [0.717, 1.165) is 17.7 Å². The highest BCUT2D eigenvalue weighted by molar-refractivity contribution is 6.33. The minimum Gasteiger partial charge on any atom is -0.508 e. The lowest BCUT2D eigenvalue weighted by molar-refractivity contribution is -0.137. The molecular formula is C24H16ClF3O4. The van der Waals surface area contributed by atoms with Gasteiger partial charge in [0.2, 0.25) is 0 Å². The molecule has 0 fully saturated rings. The molecular weight excluding hydrogens is 445 g/mol. The number of aromatic hydroxyl groups is 1. The first-order chi connectivity index (χ1) is 15.2. The molecule has 1 heterocycles. The molecule has 0 unspecified atom stereocenters. The van der Waals surface area contributed by atoms with Gasteiger partial charge in [0.05, 0.1) is 18.2 Å². The molecule has 0 saturated heterocycles. The van der Waals surface area contributed by atoms with Gasteiger partial charge >= 0.3 is 11.8 Å². The predicted molar refractivity (Wildman–Crippen MR) is 115 cm³/mol. The van der Waals surface area contributed by atoms with Gasteiger partial charge in [0.25, 0.3) is 0 Å². The van der Waals surface area contributed by atoms with Gasteiger partial charge in [-0.05, 0) is 53.9 Å². The van der Waals surface area contributed by atoms with E-state index in [9.17, 15) is 23.1 Å². The average Bonchev–Trinajstić information content (AvgIpc) is 2.74. The van der Waals surface area contributed by atoms with Crippen molar-refractivity contribution in [1.29, 1.82) is 0 Å². The standard InChI is InChI=1S/C24H16ClF3O4/c1-31-16-7-9-17-19(10-13-2-5-15(29)6-3-13)22(23(30)32-21(17)12-16)18-8-4-14(11-20(18)25)24(26,27)28/h2-9,11-12,29H,10H2,1H3. The van der Waals surface area contributed by atoms with E-state index in [1.807, 2.05) is 0 Å². The largest absolute Gasteiger partial charge is 0.508 e. The van der Waals surface area contributed by atoms with Gasteiger partial charge in [-0.15, -0.1) is 0 Å². The van der Waals surface area contributed by atoms with Crippen LogP contribution in [0.1, 0.15) is 16.7 Å². The fourth-order valence-electron chi connectivity index (χ4n) is 3.54. The average molecular weight is 461 g/mol. The van der Waals surface area contributed by atoms with Gasteiger partial charge < -0.3 is 14.3 Å². The molecule has 164 valence electrons. The van der Waals surface area contributed by atoms with E-state index < -0.39 is 17.4 Å². The molecule has 0 bridgehead atoms. The third-order valence-corrected chi connectivity index (χ3v) is 5.42. The Kier molecular flexibility index (Phi) is 5.60. The Morgan fingerprint density at radius 3 is 2.38 bits per heavy atom. The first-order valence-electron chi connectivity index (χ1n) is 9.46. The molecule has 8 heteroatoms. The first-order valence-corrected chi connectivity index (χ1v) is 9.84. The second-order valence-corrected chi connectivity index (χ2v) is 7.55. The Morgan fingerprint density at radius 1 is 1.03 bits per heavy atom. The SMILES string of the molecule is COc1ccc2c(Cc3ccc(O)cc3)c(-c3ccc(C(F)(F)F)cc3Cl)c(=O)oc2c1. The molecule has 0 saturated carbocycles. The van der Waals surface area contributed by atoms with Gasteiger partial charge in [-0.1, -0.05) is 29.8 Å². The van der Waals surface area contributed by atoms with E-state index in [1.165, 1.54) is 25.3 Å². The molecule has 3 aromatic carbocycles. The number of phenolic OH excluding ortho intramolecular Hbond substituents is 1. The minimum absolute atomic E-state index is 0.0782. The van der Waals surface area contributed by atoms with Crippen molar-refractivity contribution in [3.8, 4) is 22.6 Å². The van der Waals surface area contributed by atoms with Gasteiger partial charge in [0.1, 0.15) is 17.1 Å². The van der Waals surface area contributed by atoms with Crippen LogP contribution in [0.15, 0.2) is 69.9 Å². The Hall–Kier alpha value is -3.45. The molecule has 4 nitrogen and oxygen atoms in total. The molecule has 1 aromatic heterocycles. The summed E-state index contributed by atoms with van der Waals surface area (Å²) in [7, 11) is 1.48. The normalized spacial score (nSPS) is 11.7. The lowest BCUT2D eigenvalue weighted by atomic mass is 9.93. The number of halogens is 4. The van der Waals surface area contributed by atoms with Crippen LogP contribution < -0.4 is 10.4 Å². The Balaban J connectivity index is 1.98. The van der Waals surface area contributed by atoms with Crippen LogP contribution in [0.2, 0.25) is 5.02 Å². The van der Waals surface area contributed by atoms with Crippen LogP contribution in [0.25, 0.3) is 22.1 Å².